The van der Waals surface area contributed by atoms with Crippen LogP contribution < -0.4 is 20.5 Å². The summed E-state index contributed by atoms with van der Waals surface area (Å²) in [7, 11) is 5.28. The van der Waals surface area contributed by atoms with Crippen LogP contribution in [0.2, 0.25) is 0 Å². The van der Waals surface area contributed by atoms with Gasteiger partial charge in [0.15, 0.2) is 5.60 Å². The maximum atomic E-state index is 13.4. The average Bonchev–Trinajstić information content (AvgIpc) is 4.10. The number of carboxylic acid groups (broad SMARTS) is 1. The molecule has 2 aliphatic rings. The molecule has 0 unspecified atom stereocenters. The Hall–Kier alpha value is -7.48. The Morgan fingerprint density at radius 1 is 0.689 bits per heavy atom. The highest BCUT2D eigenvalue weighted by Crippen LogP contribution is 2.34. The number of benzene rings is 2. The van der Waals surface area contributed by atoms with Gasteiger partial charge in [0.25, 0.3) is 5.91 Å². The van der Waals surface area contributed by atoms with Crippen molar-refractivity contribution in [1.29, 1.82) is 0 Å². The van der Waals surface area contributed by atoms with Crippen LogP contribution in [0.5, 0.6) is 11.8 Å². The van der Waals surface area contributed by atoms with Crippen LogP contribution in [0.1, 0.15) is 89.0 Å². The van der Waals surface area contributed by atoms with Gasteiger partial charge in [0.2, 0.25) is 11.8 Å². The van der Waals surface area contributed by atoms with E-state index in [0.717, 1.165) is 50.0 Å². The van der Waals surface area contributed by atoms with Crippen molar-refractivity contribution in [1.82, 2.24) is 39.3 Å². The first-order chi connectivity index (χ1) is 34.6. The fourth-order valence-corrected chi connectivity index (χ4v) is 8.29. The average molecular weight is 1020 g/mol. The van der Waals surface area contributed by atoms with Crippen LogP contribution in [-0.4, -0.2) is 131 Å². The number of methoxy groups -OCH3 is 1. The molecular weight excluding hydrogens is 949 g/mol. The number of nitrogens with two attached hydrogens (primary N) is 1. The van der Waals surface area contributed by atoms with Crippen molar-refractivity contribution in [3.8, 4) is 34.3 Å². The molecule has 398 valence electrons. The second kappa shape index (κ2) is 22.3. The van der Waals surface area contributed by atoms with Crippen molar-refractivity contribution in [2.45, 2.75) is 118 Å². The molecule has 2 fully saturated rings. The smallest absolute Gasteiger partial charge is 0.410 e. The Balaban J connectivity index is 0.000000202. The quantitative estimate of drug-likeness (QED) is 0.108. The predicted octanol–water partition coefficient (Wildman–Crippen LogP) is 9.11. The van der Waals surface area contributed by atoms with E-state index >= 15 is 0 Å². The summed E-state index contributed by atoms with van der Waals surface area (Å²) in [5.41, 5.74) is 9.41. The van der Waals surface area contributed by atoms with E-state index in [-0.39, 0.29) is 31.2 Å². The summed E-state index contributed by atoms with van der Waals surface area (Å²) in [6.45, 7) is 21.4. The molecule has 74 heavy (non-hydrogen) atoms. The van der Waals surface area contributed by atoms with Gasteiger partial charge >= 0.3 is 18.2 Å². The maximum Gasteiger partial charge on any atom is 0.410 e. The van der Waals surface area contributed by atoms with E-state index < -0.39 is 40.4 Å². The summed E-state index contributed by atoms with van der Waals surface area (Å²) in [4.78, 5) is 60.3. The molecule has 0 bridgehead atoms. The number of carboxylic acids is 1. The zero-order valence-electron chi connectivity index (χ0n) is 45.1. The van der Waals surface area contributed by atoms with Gasteiger partial charge < -0.3 is 49.6 Å². The van der Waals surface area contributed by atoms with E-state index in [1.807, 2.05) is 128 Å². The topological polar surface area (TPSA) is 241 Å². The van der Waals surface area contributed by atoms with Gasteiger partial charge in [-0.15, -0.1) is 0 Å². The number of aryl methyl sites for hydroxylation is 2. The molecule has 2 saturated heterocycles. The lowest BCUT2D eigenvalue weighted by atomic mass is 9.90. The van der Waals surface area contributed by atoms with E-state index in [1.54, 1.807) is 44.8 Å². The van der Waals surface area contributed by atoms with Crippen LogP contribution in [0.15, 0.2) is 73.1 Å². The first-order valence-electron chi connectivity index (χ1n) is 24.6. The number of hydrogen-bond donors (Lipinski definition) is 3. The van der Waals surface area contributed by atoms with E-state index in [9.17, 15) is 19.2 Å². The van der Waals surface area contributed by atoms with E-state index in [4.69, 9.17) is 34.5 Å². The Morgan fingerprint density at radius 2 is 1.16 bits per heavy atom. The Morgan fingerprint density at radius 3 is 1.59 bits per heavy atom. The molecule has 3 amide bonds. The minimum Gasteiger partial charge on any atom is -0.481 e. The summed E-state index contributed by atoms with van der Waals surface area (Å²) >= 11 is 0. The van der Waals surface area contributed by atoms with Crippen LogP contribution >= 0.6 is 0 Å². The number of nitrogens with one attached hydrogen (secondary N) is 1. The number of rotatable bonds is 10. The highest BCUT2D eigenvalue weighted by Gasteiger charge is 2.48. The molecule has 2 atom stereocenters. The summed E-state index contributed by atoms with van der Waals surface area (Å²) in [6, 6.07) is 19.0. The van der Waals surface area contributed by atoms with Crippen LogP contribution in [0.4, 0.5) is 21.0 Å². The lowest BCUT2D eigenvalue weighted by Gasteiger charge is -2.28. The highest BCUT2D eigenvalue weighted by molar-refractivity contribution is 6.02. The van der Waals surface area contributed by atoms with Crippen molar-refractivity contribution >= 4 is 57.2 Å². The van der Waals surface area contributed by atoms with E-state index in [2.05, 4.69) is 25.5 Å². The van der Waals surface area contributed by atoms with E-state index in [1.165, 1.54) is 16.9 Å². The number of amides is 3. The number of pyridine rings is 2. The standard InChI is InChI=1S/C27H35N5O5.C16H18N4O.C11H19NO4/c1-17(2)36-22-11-8-18(15-28-22)23-20-14-19(9-10-21(20)31(6)30-23)29-24(33)27(35-7)12-13-32(16-27)25(34)37-26(3,4)5;1-10(2)21-15-7-4-11(9-18-15)16-13-8-12(17)5-6-14(13)20(3)19-16;1-10(2,3)16-9(15)12-6-5-11(4,7-12)8(13)14/h8-11,14-15,17H,12-13,16H2,1-7H3,(H,29,33);4-10H,17H2,1-3H3;5-7H2,1-4H3,(H,13,14)/t27-;;11-/m0.0/s1. The van der Waals surface area contributed by atoms with Crippen molar-refractivity contribution < 1.29 is 48.0 Å². The van der Waals surface area contributed by atoms with Crippen LogP contribution in [-0.2, 0) is 37.9 Å². The van der Waals surface area contributed by atoms with Gasteiger partial charge in [0.05, 0.1) is 35.2 Å². The molecule has 6 heterocycles. The molecular formula is C54H72N10O10. The first kappa shape index (κ1) is 55.8. The zero-order valence-corrected chi connectivity index (χ0v) is 45.1. The summed E-state index contributed by atoms with van der Waals surface area (Å²) in [5.74, 6) is -0.0106. The van der Waals surface area contributed by atoms with Crippen molar-refractivity contribution in [2.24, 2.45) is 19.5 Å². The Labute approximate surface area is 432 Å². The van der Waals surface area contributed by atoms with Gasteiger partial charge in [0.1, 0.15) is 22.6 Å². The normalized spacial score (nSPS) is 17.7. The predicted molar refractivity (Wildman–Crippen MR) is 283 cm³/mol. The molecule has 0 radical (unpaired) electrons. The minimum atomic E-state index is -1.17. The second-order valence-corrected chi connectivity index (χ2v) is 21.4. The second-order valence-electron chi connectivity index (χ2n) is 21.4. The molecule has 6 aromatic rings. The van der Waals surface area contributed by atoms with Gasteiger partial charge in [-0.2, -0.15) is 10.2 Å². The van der Waals surface area contributed by atoms with Crippen molar-refractivity contribution in [2.75, 3.05) is 44.3 Å². The zero-order chi connectivity index (χ0) is 54.5. The molecule has 2 aliphatic heterocycles. The monoisotopic (exact) mass is 1020 g/mol. The van der Waals surface area contributed by atoms with Gasteiger partial charge in [-0.3, -0.25) is 19.0 Å². The van der Waals surface area contributed by atoms with Gasteiger partial charge in [0, 0.05) is 105 Å². The number of carbonyl (C=O) groups excluding carboxylic acids is 3. The van der Waals surface area contributed by atoms with Crippen LogP contribution in [0.3, 0.4) is 0 Å². The fraction of sp³-hybridized carbons (Fsp3) is 0.481. The van der Waals surface area contributed by atoms with Crippen LogP contribution in [0, 0.1) is 5.41 Å². The van der Waals surface area contributed by atoms with E-state index in [0.29, 0.717) is 43.4 Å². The van der Waals surface area contributed by atoms with Crippen LogP contribution in [0.25, 0.3) is 44.3 Å². The number of nitrogens with zero attached hydrogens (tertiary/aromatic N) is 8. The molecule has 0 aliphatic carbocycles. The molecule has 4 aromatic heterocycles. The number of aliphatic carboxylic acids is 1. The third-order valence-electron chi connectivity index (χ3n) is 12.0. The molecule has 4 N–H and O–H groups in total. The number of carbonyl (C=O) groups is 4. The number of ether oxygens (including phenoxy) is 5. The first-order valence-corrected chi connectivity index (χ1v) is 24.6. The molecule has 0 spiro atoms. The number of nitrogen functional groups attached to an aromatic ring is 1. The number of likely N-dealkylation sites (tertiary alicyclic amines) is 2. The van der Waals surface area contributed by atoms with Gasteiger partial charge in [-0.05, 0) is 131 Å². The van der Waals surface area contributed by atoms with Gasteiger partial charge in [-0.25, -0.2) is 19.6 Å². The SMILES string of the molecule is CC(C)(C)OC(=O)N1CC[C@](C)(C(=O)O)C1.CC(C)Oc1ccc(-c2nn(C)c3ccc(N)cc23)cn1.CO[C@@]1(C(=O)Nc2ccc3c(c2)c(-c2ccc(OC(C)C)nc2)nn3C)CCN(C(=O)OC(C)(C)C)C1. The maximum absolute atomic E-state index is 13.4. The third-order valence-corrected chi connectivity index (χ3v) is 12.0. The Kier molecular flexibility index (Phi) is 16.8. The highest BCUT2D eigenvalue weighted by atomic mass is 16.6. The number of anilines is 2. The van der Waals surface area contributed by atoms with Crippen molar-refractivity contribution in [3.05, 3.63) is 73.1 Å². The number of aromatic nitrogens is 6. The largest absolute Gasteiger partial charge is 0.481 e. The molecule has 20 nitrogen and oxygen atoms in total. The molecule has 20 heteroatoms. The summed E-state index contributed by atoms with van der Waals surface area (Å²) in [6.07, 6.45) is 3.60. The molecule has 8 rings (SSSR count). The number of hydrogen-bond acceptors (Lipinski definition) is 14. The van der Waals surface area contributed by atoms with Gasteiger partial charge in [-0.1, -0.05) is 0 Å². The molecule has 2 aromatic carbocycles. The number of fused-ring (bicyclic) bond motifs is 2. The minimum absolute atomic E-state index is 0.0340. The fourth-order valence-electron chi connectivity index (χ4n) is 8.29. The summed E-state index contributed by atoms with van der Waals surface area (Å²) in [5, 5.41) is 23.1. The van der Waals surface area contributed by atoms with Crippen molar-refractivity contribution in [3.63, 3.8) is 0 Å². The lowest BCUT2D eigenvalue weighted by molar-refractivity contribution is -0.147. The third kappa shape index (κ3) is 13.8. The molecule has 0 saturated carbocycles. The summed E-state index contributed by atoms with van der Waals surface area (Å²) < 4.78 is 31.2. The lowest BCUT2D eigenvalue weighted by Crippen LogP contribution is -2.48. The Bertz CT molecular complexity index is 2960.